The summed E-state index contributed by atoms with van der Waals surface area (Å²) in [6, 6.07) is 13.3. The second-order valence-electron chi connectivity index (χ2n) is 5.65. The van der Waals surface area contributed by atoms with Crippen LogP contribution in [0.25, 0.3) is 0 Å². The Kier molecular flexibility index (Phi) is 6.79. The van der Waals surface area contributed by atoms with E-state index in [1.165, 1.54) is 5.56 Å². The molecule has 2 aromatic carbocycles. The van der Waals surface area contributed by atoms with Gasteiger partial charge in [0.15, 0.2) is 5.11 Å². The van der Waals surface area contributed by atoms with Gasteiger partial charge in [-0.05, 0) is 56.8 Å². The molecule has 0 bridgehead atoms. The van der Waals surface area contributed by atoms with E-state index >= 15 is 0 Å². The summed E-state index contributed by atoms with van der Waals surface area (Å²) in [5.74, 6) is -0.456. The zero-order chi connectivity index (χ0) is 18.4. The lowest BCUT2D eigenvalue weighted by molar-refractivity contribution is 0.0526. The number of benzene rings is 2. The molecule has 25 heavy (non-hydrogen) atoms. The van der Waals surface area contributed by atoms with Crippen LogP contribution in [-0.4, -0.2) is 17.7 Å². The number of hydrogen-bond acceptors (Lipinski definition) is 3. The molecule has 1 atom stereocenters. The molecular weight excluding hydrogens is 356 g/mol. The lowest BCUT2D eigenvalue weighted by Crippen LogP contribution is -2.31. The van der Waals surface area contributed by atoms with Crippen molar-refractivity contribution in [2.45, 2.75) is 26.8 Å². The highest BCUT2D eigenvalue weighted by molar-refractivity contribution is 7.80. The third-order valence-corrected chi connectivity index (χ3v) is 4.19. The van der Waals surface area contributed by atoms with Gasteiger partial charge in [-0.3, -0.25) is 0 Å². The summed E-state index contributed by atoms with van der Waals surface area (Å²) in [7, 11) is 0. The Balaban J connectivity index is 2.03. The summed E-state index contributed by atoms with van der Waals surface area (Å²) in [6.07, 6.45) is 0. The van der Waals surface area contributed by atoms with Crippen LogP contribution in [0.2, 0.25) is 5.02 Å². The van der Waals surface area contributed by atoms with E-state index in [1.54, 1.807) is 25.1 Å². The highest BCUT2D eigenvalue weighted by Gasteiger charge is 2.13. The molecule has 132 valence electrons. The van der Waals surface area contributed by atoms with Gasteiger partial charge in [-0.15, -0.1) is 0 Å². The predicted molar refractivity (Wildman–Crippen MR) is 106 cm³/mol. The standard InChI is InChI=1S/C19H21ClN2O2S/c1-4-24-18(23)16-11-15(9-10-17(16)20)22-19(25)21-13(3)14-7-5-12(2)6-8-14/h5-11,13H,4H2,1-3H3,(H2,21,22,25)/t13-/m0/s1. The van der Waals surface area contributed by atoms with Gasteiger partial charge in [0.1, 0.15) is 0 Å². The zero-order valence-corrected chi connectivity index (χ0v) is 16.0. The van der Waals surface area contributed by atoms with Crippen LogP contribution in [-0.2, 0) is 4.74 Å². The Hall–Kier alpha value is -2.11. The van der Waals surface area contributed by atoms with E-state index < -0.39 is 5.97 Å². The number of aryl methyl sites for hydroxylation is 1. The third kappa shape index (κ3) is 5.44. The lowest BCUT2D eigenvalue weighted by Gasteiger charge is -2.18. The van der Waals surface area contributed by atoms with Crippen LogP contribution in [0.1, 0.15) is 41.4 Å². The maximum absolute atomic E-state index is 11.9. The minimum absolute atomic E-state index is 0.0532. The quantitative estimate of drug-likeness (QED) is 0.575. The van der Waals surface area contributed by atoms with Crippen LogP contribution in [0.3, 0.4) is 0 Å². The van der Waals surface area contributed by atoms with Crippen molar-refractivity contribution in [2.75, 3.05) is 11.9 Å². The molecule has 0 amide bonds. The van der Waals surface area contributed by atoms with Gasteiger partial charge in [-0.2, -0.15) is 0 Å². The molecule has 0 saturated carbocycles. The fourth-order valence-electron chi connectivity index (χ4n) is 2.27. The van der Waals surface area contributed by atoms with Crippen LogP contribution in [0.15, 0.2) is 42.5 Å². The molecule has 4 nitrogen and oxygen atoms in total. The second-order valence-corrected chi connectivity index (χ2v) is 6.46. The molecule has 0 aliphatic rings. The van der Waals surface area contributed by atoms with Gasteiger partial charge in [0.2, 0.25) is 0 Å². The molecule has 6 heteroatoms. The normalized spacial score (nSPS) is 11.5. The number of carbonyl (C=O) groups excluding carboxylic acids is 1. The molecule has 0 fully saturated rings. The second kappa shape index (κ2) is 8.83. The number of thiocarbonyl (C=S) groups is 1. The molecule has 2 aromatic rings. The molecule has 2 rings (SSSR count). The number of nitrogens with one attached hydrogen (secondary N) is 2. The topological polar surface area (TPSA) is 50.4 Å². The largest absolute Gasteiger partial charge is 0.462 e. The average Bonchev–Trinajstić information content (AvgIpc) is 2.57. The van der Waals surface area contributed by atoms with Gasteiger partial charge in [0.25, 0.3) is 0 Å². The van der Waals surface area contributed by atoms with Crippen molar-refractivity contribution >= 4 is 40.6 Å². The van der Waals surface area contributed by atoms with Gasteiger partial charge >= 0.3 is 5.97 Å². The molecule has 0 aromatic heterocycles. The zero-order valence-electron chi connectivity index (χ0n) is 14.4. The molecule has 0 unspecified atom stereocenters. The molecule has 0 spiro atoms. The molecule has 0 radical (unpaired) electrons. The van der Waals surface area contributed by atoms with E-state index in [2.05, 4.69) is 41.8 Å². The van der Waals surface area contributed by atoms with Gasteiger partial charge in [0, 0.05) is 5.69 Å². The number of rotatable bonds is 5. The number of carbonyl (C=O) groups is 1. The van der Waals surface area contributed by atoms with Crippen LogP contribution in [0.5, 0.6) is 0 Å². The summed E-state index contributed by atoms with van der Waals surface area (Å²) >= 11 is 11.4. The number of hydrogen-bond donors (Lipinski definition) is 2. The molecule has 0 aliphatic heterocycles. The monoisotopic (exact) mass is 376 g/mol. The SMILES string of the molecule is CCOC(=O)c1cc(NC(=S)N[C@@H](C)c2ccc(C)cc2)ccc1Cl. The molecular formula is C19H21ClN2O2S. The first-order valence-electron chi connectivity index (χ1n) is 8.01. The predicted octanol–water partition coefficient (Wildman–Crippen LogP) is 4.87. The molecule has 0 heterocycles. The fourth-order valence-corrected chi connectivity index (χ4v) is 2.76. The van der Waals surface area contributed by atoms with E-state index in [0.29, 0.717) is 28.0 Å². The number of esters is 1. The highest BCUT2D eigenvalue weighted by atomic mass is 35.5. The summed E-state index contributed by atoms with van der Waals surface area (Å²) in [6.45, 7) is 6.13. The maximum Gasteiger partial charge on any atom is 0.339 e. The Labute approximate surface area is 158 Å². The van der Waals surface area contributed by atoms with Crippen LogP contribution in [0, 0.1) is 6.92 Å². The number of anilines is 1. The van der Waals surface area contributed by atoms with Crippen molar-refractivity contribution in [1.82, 2.24) is 5.32 Å². The van der Waals surface area contributed by atoms with Gasteiger partial charge in [-0.1, -0.05) is 41.4 Å². The van der Waals surface area contributed by atoms with Crippen molar-refractivity contribution < 1.29 is 9.53 Å². The molecule has 0 saturated heterocycles. The molecule has 2 N–H and O–H groups in total. The van der Waals surface area contributed by atoms with Crippen LogP contribution < -0.4 is 10.6 Å². The van der Waals surface area contributed by atoms with E-state index in [-0.39, 0.29) is 6.04 Å². The van der Waals surface area contributed by atoms with E-state index in [9.17, 15) is 4.79 Å². The number of ether oxygens (including phenoxy) is 1. The first-order valence-corrected chi connectivity index (χ1v) is 8.80. The Bertz CT molecular complexity index is 763. The average molecular weight is 377 g/mol. The lowest BCUT2D eigenvalue weighted by atomic mass is 10.1. The first-order chi connectivity index (χ1) is 11.9. The smallest absolute Gasteiger partial charge is 0.339 e. The highest BCUT2D eigenvalue weighted by Crippen LogP contribution is 2.22. The summed E-state index contributed by atoms with van der Waals surface area (Å²) in [5.41, 5.74) is 3.33. The first kappa shape index (κ1) is 19.2. The van der Waals surface area contributed by atoms with Crippen molar-refractivity contribution in [3.8, 4) is 0 Å². The minimum Gasteiger partial charge on any atom is -0.462 e. The van der Waals surface area contributed by atoms with Gasteiger partial charge in [-0.25, -0.2) is 4.79 Å². The van der Waals surface area contributed by atoms with Crippen molar-refractivity contribution in [3.63, 3.8) is 0 Å². The Morgan fingerprint density at radius 3 is 2.56 bits per heavy atom. The fraction of sp³-hybridized carbons (Fsp3) is 0.263. The van der Waals surface area contributed by atoms with Crippen molar-refractivity contribution in [2.24, 2.45) is 0 Å². The number of halogens is 1. The summed E-state index contributed by atoms with van der Waals surface area (Å²) in [5, 5.41) is 7.10. The Morgan fingerprint density at radius 2 is 1.92 bits per heavy atom. The summed E-state index contributed by atoms with van der Waals surface area (Å²) in [4.78, 5) is 11.9. The van der Waals surface area contributed by atoms with Crippen molar-refractivity contribution in [1.29, 1.82) is 0 Å². The maximum atomic E-state index is 11.9. The van der Waals surface area contributed by atoms with Crippen molar-refractivity contribution in [3.05, 3.63) is 64.2 Å². The van der Waals surface area contributed by atoms with Crippen LogP contribution >= 0.6 is 23.8 Å². The Morgan fingerprint density at radius 1 is 1.24 bits per heavy atom. The minimum atomic E-state index is -0.456. The van der Waals surface area contributed by atoms with Gasteiger partial charge in [0.05, 0.1) is 23.2 Å². The molecule has 0 aliphatic carbocycles. The van der Waals surface area contributed by atoms with E-state index in [4.69, 9.17) is 28.6 Å². The van der Waals surface area contributed by atoms with Gasteiger partial charge < -0.3 is 15.4 Å². The van der Waals surface area contributed by atoms with Crippen LogP contribution in [0.4, 0.5) is 5.69 Å². The van der Waals surface area contributed by atoms with E-state index in [1.807, 2.05) is 6.92 Å². The van der Waals surface area contributed by atoms with E-state index in [0.717, 1.165) is 5.56 Å². The summed E-state index contributed by atoms with van der Waals surface area (Å²) < 4.78 is 5.00. The third-order valence-electron chi connectivity index (χ3n) is 3.64.